The number of aromatic nitrogens is 1. The van der Waals surface area contributed by atoms with Crippen molar-refractivity contribution < 1.29 is 4.92 Å². The molecular weight excluding hydrogens is 244 g/mol. The van der Waals surface area contributed by atoms with Crippen molar-refractivity contribution in [3.05, 3.63) is 22.2 Å². The van der Waals surface area contributed by atoms with E-state index >= 15 is 0 Å². The Hall–Kier alpha value is -1.85. The fraction of sp³-hybridized carbons (Fsp3) is 0.615. The molecule has 1 aliphatic carbocycles. The lowest BCUT2D eigenvalue weighted by atomic mass is 9.83. The number of nitrogens with zero attached hydrogens (tertiary/aromatic N) is 2. The van der Waals surface area contributed by atoms with Crippen LogP contribution in [-0.4, -0.2) is 22.5 Å². The smallest absolute Gasteiger partial charge is 0.311 e. The van der Waals surface area contributed by atoms with Crippen molar-refractivity contribution in [2.75, 3.05) is 17.7 Å². The van der Waals surface area contributed by atoms with E-state index in [-0.39, 0.29) is 16.1 Å². The van der Waals surface area contributed by atoms with Crippen molar-refractivity contribution in [1.82, 2.24) is 4.98 Å². The maximum absolute atomic E-state index is 11.1. The van der Waals surface area contributed by atoms with E-state index in [0.717, 1.165) is 25.7 Å². The molecule has 1 saturated carbocycles. The van der Waals surface area contributed by atoms with Crippen LogP contribution in [0.5, 0.6) is 0 Å². The van der Waals surface area contributed by atoms with E-state index in [1.165, 1.54) is 12.5 Å². The molecule has 1 heterocycles. The summed E-state index contributed by atoms with van der Waals surface area (Å²) < 4.78 is 0. The minimum atomic E-state index is -0.388. The summed E-state index contributed by atoms with van der Waals surface area (Å²) in [4.78, 5) is 15.0. The summed E-state index contributed by atoms with van der Waals surface area (Å²) in [6, 6.07) is 3.11. The van der Waals surface area contributed by atoms with Crippen LogP contribution in [0.1, 0.15) is 39.0 Å². The average Bonchev–Trinajstić information content (AvgIpc) is 2.38. The summed E-state index contributed by atoms with van der Waals surface area (Å²) in [5.41, 5.74) is -0.0617. The van der Waals surface area contributed by atoms with E-state index in [4.69, 9.17) is 0 Å². The summed E-state index contributed by atoms with van der Waals surface area (Å²) in [7, 11) is 1.75. The maximum Gasteiger partial charge on any atom is 0.311 e. The number of hydrogen-bond donors (Lipinski definition) is 2. The summed E-state index contributed by atoms with van der Waals surface area (Å²) in [6.45, 7) is 2.11. The molecule has 2 rings (SSSR count). The van der Waals surface area contributed by atoms with Crippen molar-refractivity contribution in [3.63, 3.8) is 0 Å². The Morgan fingerprint density at radius 3 is 2.58 bits per heavy atom. The Labute approximate surface area is 112 Å². The first-order valence-electron chi connectivity index (χ1n) is 6.65. The highest BCUT2D eigenvalue weighted by Crippen LogP contribution is 2.34. The van der Waals surface area contributed by atoms with Gasteiger partial charge < -0.3 is 10.6 Å². The third-order valence-electron chi connectivity index (χ3n) is 3.70. The minimum Gasteiger partial charge on any atom is -0.373 e. The van der Waals surface area contributed by atoms with Crippen LogP contribution in [0, 0.1) is 10.1 Å². The quantitative estimate of drug-likeness (QED) is 0.645. The highest BCUT2D eigenvalue weighted by molar-refractivity contribution is 5.61. The first-order chi connectivity index (χ1) is 9.04. The number of rotatable bonds is 4. The highest BCUT2D eigenvalue weighted by Gasteiger charge is 2.29. The predicted molar refractivity (Wildman–Crippen MR) is 75.6 cm³/mol. The van der Waals surface area contributed by atoms with Gasteiger partial charge in [-0.25, -0.2) is 4.98 Å². The van der Waals surface area contributed by atoms with E-state index in [1.807, 2.05) is 0 Å². The molecule has 104 valence electrons. The van der Waals surface area contributed by atoms with Crippen LogP contribution < -0.4 is 10.6 Å². The average molecular weight is 264 g/mol. The van der Waals surface area contributed by atoms with Crippen LogP contribution >= 0.6 is 0 Å². The molecule has 0 spiro atoms. The van der Waals surface area contributed by atoms with Gasteiger partial charge in [0.2, 0.25) is 5.82 Å². The molecule has 2 N–H and O–H groups in total. The second-order valence-electron chi connectivity index (χ2n) is 5.32. The molecule has 1 fully saturated rings. The van der Waals surface area contributed by atoms with Crippen molar-refractivity contribution in [3.8, 4) is 0 Å². The Morgan fingerprint density at radius 1 is 1.32 bits per heavy atom. The van der Waals surface area contributed by atoms with E-state index in [1.54, 1.807) is 13.1 Å². The molecule has 19 heavy (non-hydrogen) atoms. The number of nitro groups is 1. The normalized spacial score (nSPS) is 17.8. The summed E-state index contributed by atoms with van der Waals surface area (Å²) in [5, 5.41) is 17.3. The molecule has 1 aromatic rings. The summed E-state index contributed by atoms with van der Waals surface area (Å²) >= 11 is 0. The Bertz CT molecular complexity index is 470. The molecule has 1 aromatic heterocycles. The first-order valence-corrected chi connectivity index (χ1v) is 6.65. The molecule has 1 aliphatic rings. The van der Waals surface area contributed by atoms with Gasteiger partial charge in [-0.15, -0.1) is 0 Å². The monoisotopic (exact) mass is 264 g/mol. The van der Waals surface area contributed by atoms with Crippen molar-refractivity contribution in [1.29, 1.82) is 0 Å². The standard InChI is InChI=1S/C13H20N4O2/c1-13(8-4-3-5-9-13)16-12-10(17(18)19)6-7-11(14-2)15-12/h6-7H,3-5,8-9H2,1-2H3,(H2,14,15,16). The molecule has 0 amide bonds. The van der Waals surface area contributed by atoms with Gasteiger partial charge in [-0.05, 0) is 25.8 Å². The van der Waals surface area contributed by atoms with Crippen LogP contribution in [0.3, 0.4) is 0 Å². The zero-order valence-electron chi connectivity index (χ0n) is 11.4. The lowest BCUT2D eigenvalue weighted by molar-refractivity contribution is -0.384. The van der Waals surface area contributed by atoms with Gasteiger partial charge in [0.1, 0.15) is 5.82 Å². The molecule has 0 aromatic carbocycles. The molecule has 0 radical (unpaired) electrons. The Morgan fingerprint density at radius 2 is 2.00 bits per heavy atom. The van der Waals surface area contributed by atoms with Crippen LogP contribution in [-0.2, 0) is 0 Å². The van der Waals surface area contributed by atoms with Gasteiger partial charge in [0.25, 0.3) is 0 Å². The molecule has 0 saturated heterocycles. The van der Waals surface area contributed by atoms with Crippen LogP contribution in [0.25, 0.3) is 0 Å². The molecule has 6 nitrogen and oxygen atoms in total. The summed E-state index contributed by atoms with van der Waals surface area (Å²) in [5.74, 6) is 0.994. The molecule has 0 unspecified atom stereocenters. The third-order valence-corrected chi connectivity index (χ3v) is 3.70. The number of nitrogens with one attached hydrogen (secondary N) is 2. The second kappa shape index (κ2) is 5.42. The van der Waals surface area contributed by atoms with E-state index < -0.39 is 0 Å². The van der Waals surface area contributed by atoms with Crippen molar-refractivity contribution >= 4 is 17.3 Å². The second-order valence-corrected chi connectivity index (χ2v) is 5.32. The zero-order chi connectivity index (χ0) is 13.9. The largest absolute Gasteiger partial charge is 0.373 e. The number of hydrogen-bond acceptors (Lipinski definition) is 5. The van der Waals surface area contributed by atoms with Crippen LogP contribution in [0.2, 0.25) is 0 Å². The summed E-state index contributed by atoms with van der Waals surface area (Å²) in [6.07, 6.45) is 5.60. The molecule has 0 bridgehead atoms. The van der Waals surface area contributed by atoms with Crippen LogP contribution in [0.15, 0.2) is 12.1 Å². The SMILES string of the molecule is CNc1ccc([N+](=O)[O-])c(NC2(C)CCCCC2)n1. The fourth-order valence-electron chi connectivity index (χ4n) is 2.57. The number of pyridine rings is 1. The maximum atomic E-state index is 11.1. The fourth-order valence-corrected chi connectivity index (χ4v) is 2.57. The van der Waals surface area contributed by atoms with Gasteiger partial charge in [0, 0.05) is 18.7 Å². The lowest BCUT2D eigenvalue weighted by Crippen LogP contribution is -2.37. The Kier molecular flexibility index (Phi) is 3.87. The molecule has 0 aliphatic heterocycles. The van der Waals surface area contributed by atoms with Gasteiger partial charge in [0.15, 0.2) is 0 Å². The van der Waals surface area contributed by atoms with Gasteiger partial charge >= 0.3 is 5.69 Å². The van der Waals surface area contributed by atoms with Gasteiger partial charge in [0.05, 0.1) is 4.92 Å². The van der Waals surface area contributed by atoms with E-state index in [0.29, 0.717) is 11.6 Å². The van der Waals surface area contributed by atoms with Crippen LogP contribution in [0.4, 0.5) is 17.3 Å². The van der Waals surface area contributed by atoms with E-state index in [2.05, 4.69) is 22.5 Å². The third kappa shape index (κ3) is 3.13. The molecule has 0 atom stereocenters. The van der Waals surface area contributed by atoms with Crippen molar-refractivity contribution in [2.24, 2.45) is 0 Å². The van der Waals surface area contributed by atoms with Crippen molar-refractivity contribution in [2.45, 2.75) is 44.6 Å². The minimum absolute atomic E-state index is 0.0331. The number of anilines is 2. The Balaban J connectivity index is 2.28. The lowest BCUT2D eigenvalue weighted by Gasteiger charge is -2.34. The van der Waals surface area contributed by atoms with Gasteiger partial charge in [-0.3, -0.25) is 10.1 Å². The zero-order valence-corrected chi connectivity index (χ0v) is 11.4. The predicted octanol–water partition coefficient (Wildman–Crippen LogP) is 3.17. The molecule has 6 heteroatoms. The molecular formula is C13H20N4O2. The topological polar surface area (TPSA) is 80.1 Å². The van der Waals surface area contributed by atoms with E-state index in [9.17, 15) is 10.1 Å². The van der Waals surface area contributed by atoms with Gasteiger partial charge in [-0.2, -0.15) is 0 Å². The highest BCUT2D eigenvalue weighted by atomic mass is 16.6. The first kappa shape index (κ1) is 13.6. The van der Waals surface area contributed by atoms with Gasteiger partial charge in [-0.1, -0.05) is 19.3 Å².